The summed E-state index contributed by atoms with van der Waals surface area (Å²) in [5.41, 5.74) is 2.64. The third-order valence-electron chi connectivity index (χ3n) is 2.22. The standard InChI is InChI=1S/C13H11FN2/c1-10(11-6-8-15-9-7-11)16-13-4-2-12(14)3-5-13/h2-9H,1H3. The molecule has 0 radical (unpaired) electrons. The second kappa shape index (κ2) is 4.66. The number of aliphatic imine (C=N–C) groups is 1. The van der Waals surface area contributed by atoms with Crippen LogP contribution in [0, 0.1) is 5.82 Å². The van der Waals surface area contributed by atoms with E-state index in [2.05, 4.69) is 9.98 Å². The highest BCUT2D eigenvalue weighted by molar-refractivity contribution is 6.00. The van der Waals surface area contributed by atoms with Crippen molar-refractivity contribution < 1.29 is 4.39 Å². The van der Waals surface area contributed by atoms with Gasteiger partial charge in [0.05, 0.1) is 5.69 Å². The van der Waals surface area contributed by atoms with Gasteiger partial charge < -0.3 is 0 Å². The summed E-state index contributed by atoms with van der Waals surface area (Å²) in [6, 6.07) is 9.89. The molecule has 16 heavy (non-hydrogen) atoms. The molecule has 1 aromatic heterocycles. The van der Waals surface area contributed by atoms with E-state index < -0.39 is 0 Å². The van der Waals surface area contributed by atoms with Gasteiger partial charge >= 0.3 is 0 Å². The largest absolute Gasteiger partial charge is 0.265 e. The summed E-state index contributed by atoms with van der Waals surface area (Å²) >= 11 is 0. The van der Waals surface area contributed by atoms with Crippen molar-refractivity contribution in [3.8, 4) is 0 Å². The molecule has 2 nitrogen and oxygen atoms in total. The Balaban J connectivity index is 2.28. The van der Waals surface area contributed by atoms with Crippen LogP contribution in [0.1, 0.15) is 12.5 Å². The summed E-state index contributed by atoms with van der Waals surface area (Å²) in [7, 11) is 0. The molecule has 1 heterocycles. The van der Waals surface area contributed by atoms with Crippen LogP contribution < -0.4 is 0 Å². The fourth-order valence-corrected chi connectivity index (χ4v) is 1.37. The first kappa shape index (κ1) is 10.5. The van der Waals surface area contributed by atoms with Crippen LogP contribution in [-0.4, -0.2) is 10.7 Å². The van der Waals surface area contributed by atoms with Crippen LogP contribution in [0.15, 0.2) is 53.8 Å². The minimum absolute atomic E-state index is 0.250. The molecule has 0 bridgehead atoms. The number of nitrogens with zero attached hydrogens (tertiary/aromatic N) is 2. The lowest BCUT2D eigenvalue weighted by atomic mass is 10.2. The van der Waals surface area contributed by atoms with E-state index in [1.54, 1.807) is 24.5 Å². The highest BCUT2D eigenvalue weighted by atomic mass is 19.1. The first-order chi connectivity index (χ1) is 7.75. The van der Waals surface area contributed by atoms with E-state index >= 15 is 0 Å². The average Bonchev–Trinajstić information content (AvgIpc) is 2.33. The van der Waals surface area contributed by atoms with E-state index in [1.807, 2.05) is 19.1 Å². The van der Waals surface area contributed by atoms with Gasteiger partial charge in [-0.3, -0.25) is 9.98 Å². The predicted molar refractivity (Wildman–Crippen MR) is 62.5 cm³/mol. The van der Waals surface area contributed by atoms with Crippen molar-refractivity contribution in [1.29, 1.82) is 0 Å². The zero-order valence-corrected chi connectivity index (χ0v) is 8.89. The first-order valence-electron chi connectivity index (χ1n) is 4.97. The SMILES string of the molecule is CC(=Nc1ccc(F)cc1)c1ccncc1. The Kier molecular flexibility index (Phi) is 3.05. The second-order valence-corrected chi connectivity index (χ2v) is 3.41. The Morgan fingerprint density at radius 3 is 2.31 bits per heavy atom. The van der Waals surface area contributed by atoms with Crippen molar-refractivity contribution in [3.63, 3.8) is 0 Å². The van der Waals surface area contributed by atoms with Gasteiger partial charge in [0.25, 0.3) is 0 Å². The lowest BCUT2D eigenvalue weighted by Crippen LogP contribution is -1.93. The van der Waals surface area contributed by atoms with E-state index in [-0.39, 0.29) is 5.82 Å². The topological polar surface area (TPSA) is 25.2 Å². The van der Waals surface area contributed by atoms with Crippen molar-refractivity contribution in [3.05, 3.63) is 60.2 Å². The Hall–Kier alpha value is -2.03. The van der Waals surface area contributed by atoms with Crippen LogP contribution in [0.5, 0.6) is 0 Å². The zero-order valence-electron chi connectivity index (χ0n) is 8.89. The van der Waals surface area contributed by atoms with Crippen LogP contribution in [0.3, 0.4) is 0 Å². The quantitative estimate of drug-likeness (QED) is 0.703. The molecule has 0 aliphatic rings. The van der Waals surface area contributed by atoms with E-state index in [9.17, 15) is 4.39 Å². The van der Waals surface area contributed by atoms with Crippen LogP contribution in [-0.2, 0) is 0 Å². The van der Waals surface area contributed by atoms with Crippen molar-refractivity contribution in [2.75, 3.05) is 0 Å². The van der Waals surface area contributed by atoms with Crippen LogP contribution in [0.4, 0.5) is 10.1 Å². The van der Waals surface area contributed by atoms with Gasteiger partial charge in [-0.2, -0.15) is 0 Å². The van der Waals surface area contributed by atoms with Gasteiger partial charge in [-0.05, 0) is 48.9 Å². The number of pyridine rings is 1. The van der Waals surface area contributed by atoms with Crippen LogP contribution in [0.25, 0.3) is 0 Å². The maximum atomic E-state index is 12.7. The van der Waals surface area contributed by atoms with Gasteiger partial charge in [0, 0.05) is 18.1 Å². The molecular formula is C13H11FN2. The summed E-state index contributed by atoms with van der Waals surface area (Å²) < 4.78 is 12.7. The fourth-order valence-electron chi connectivity index (χ4n) is 1.37. The van der Waals surface area contributed by atoms with Gasteiger partial charge in [0.1, 0.15) is 5.82 Å². The van der Waals surface area contributed by atoms with Crippen molar-refractivity contribution >= 4 is 11.4 Å². The Bertz CT molecular complexity index is 489. The Morgan fingerprint density at radius 2 is 1.69 bits per heavy atom. The lowest BCUT2D eigenvalue weighted by molar-refractivity contribution is 0.628. The number of rotatable bonds is 2. The van der Waals surface area contributed by atoms with Crippen molar-refractivity contribution in [2.24, 2.45) is 4.99 Å². The predicted octanol–water partition coefficient (Wildman–Crippen LogP) is 3.36. The molecule has 0 saturated heterocycles. The summed E-state index contributed by atoms with van der Waals surface area (Å²) in [6.45, 7) is 1.92. The molecule has 0 saturated carbocycles. The highest BCUT2D eigenvalue weighted by Gasteiger charge is 1.97. The molecule has 0 amide bonds. The average molecular weight is 214 g/mol. The third-order valence-corrected chi connectivity index (χ3v) is 2.22. The van der Waals surface area contributed by atoms with E-state index in [0.29, 0.717) is 0 Å². The minimum atomic E-state index is -0.250. The summed E-state index contributed by atoms with van der Waals surface area (Å²) in [6.07, 6.45) is 3.44. The third kappa shape index (κ3) is 2.51. The highest BCUT2D eigenvalue weighted by Crippen LogP contribution is 2.14. The first-order valence-corrected chi connectivity index (χ1v) is 4.97. The van der Waals surface area contributed by atoms with Gasteiger partial charge in [0.15, 0.2) is 0 Å². The summed E-state index contributed by atoms with van der Waals surface area (Å²) in [4.78, 5) is 8.33. The maximum Gasteiger partial charge on any atom is 0.123 e. The molecule has 0 aliphatic carbocycles. The molecule has 0 atom stereocenters. The van der Waals surface area contributed by atoms with Crippen LogP contribution in [0.2, 0.25) is 0 Å². The van der Waals surface area contributed by atoms with Crippen LogP contribution >= 0.6 is 0 Å². The minimum Gasteiger partial charge on any atom is -0.265 e. The normalized spacial score (nSPS) is 11.5. The van der Waals surface area contributed by atoms with Crippen molar-refractivity contribution in [1.82, 2.24) is 4.98 Å². The van der Waals surface area contributed by atoms with Gasteiger partial charge in [-0.15, -0.1) is 0 Å². The Labute approximate surface area is 93.5 Å². The number of halogens is 1. The monoisotopic (exact) mass is 214 g/mol. The Morgan fingerprint density at radius 1 is 1.06 bits per heavy atom. The lowest BCUT2D eigenvalue weighted by Gasteiger charge is -2.00. The molecule has 0 fully saturated rings. The van der Waals surface area contributed by atoms with Gasteiger partial charge in [-0.25, -0.2) is 4.39 Å². The van der Waals surface area contributed by atoms with E-state index in [0.717, 1.165) is 17.0 Å². The molecule has 2 rings (SSSR count). The fraction of sp³-hybridized carbons (Fsp3) is 0.0769. The molecule has 0 aliphatic heterocycles. The van der Waals surface area contributed by atoms with Gasteiger partial charge in [-0.1, -0.05) is 0 Å². The van der Waals surface area contributed by atoms with Gasteiger partial charge in [0.2, 0.25) is 0 Å². The smallest absolute Gasteiger partial charge is 0.123 e. The summed E-state index contributed by atoms with van der Waals surface area (Å²) in [5.74, 6) is -0.250. The molecule has 3 heteroatoms. The molecule has 2 aromatic rings. The molecule has 80 valence electrons. The molecule has 1 aromatic carbocycles. The zero-order chi connectivity index (χ0) is 11.4. The van der Waals surface area contributed by atoms with E-state index in [1.165, 1.54) is 12.1 Å². The number of aromatic nitrogens is 1. The number of hydrogen-bond donors (Lipinski definition) is 0. The second-order valence-electron chi connectivity index (χ2n) is 3.41. The number of benzene rings is 1. The maximum absolute atomic E-state index is 12.7. The van der Waals surface area contributed by atoms with E-state index in [4.69, 9.17) is 0 Å². The molecule has 0 unspecified atom stereocenters. The van der Waals surface area contributed by atoms with Crippen molar-refractivity contribution in [2.45, 2.75) is 6.92 Å². The summed E-state index contributed by atoms with van der Waals surface area (Å²) in [5, 5.41) is 0. The number of hydrogen-bond acceptors (Lipinski definition) is 2. The molecule has 0 spiro atoms. The molecular weight excluding hydrogens is 203 g/mol. The molecule has 0 N–H and O–H groups in total.